The zero-order chi connectivity index (χ0) is 12.7. The fourth-order valence-electron chi connectivity index (χ4n) is 1.50. The van der Waals surface area contributed by atoms with Crippen molar-refractivity contribution in [2.75, 3.05) is 11.5 Å². The fourth-order valence-corrected chi connectivity index (χ4v) is 2.40. The lowest BCUT2D eigenvalue weighted by atomic mass is 10.1. The van der Waals surface area contributed by atoms with Crippen LogP contribution in [0.25, 0.3) is 0 Å². The van der Waals surface area contributed by atoms with Crippen molar-refractivity contribution in [2.45, 2.75) is 25.8 Å². The van der Waals surface area contributed by atoms with Crippen LogP contribution in [0.15, 0.2) is 18.5 Å². The summed E-state index contributed by atoms with van der Waals surface area (Å²) < 4.78 is 22.7. The molecule has 17 heavy (non-hydrogen) atoms. The third-order valence-corrected chi connectivity index (χ3v) is 4.39. The van der Waals surface area contributed by atoms with Crippen molar-refractivity contribution in [3.8, 4) is 0 Å². The highest BCUT2D eigenvalue weighted by Gasteiger charge is 2.12. The molecule has 1 rings (SSSR count). The van der Waals surface area contributed by atoms with Gasteiger partial charge in [-0.25, -0.2) is 8.42 Å². The Labute approximate surface area is 102 Å². The van der Waals surface area contributed by atoms with Gasteiger partial charge in [-0.2, -0.15) is 10.2 Å². The molecule has 7 heteroatoms. The summed E-state index contributed by atoms with van der Waals surface area (Å²) in [6.45, 7) is 1.65. The summed E-state index contributed by atoms with van der Waals surface area (Å²) in [5.74, 6) is 5.82. The van der Waals surface area contributed by atoms with E-state index in [0.29, 0.717) is 12.8 Å². The van der Waals surface area contributed by atoms with Crippen molar-refractivity contribution in [1.29, 1.82) is 0 Å². The average Bonchev–Trinajstić information content (AvgIpc) is 2.36. The Balaban J connectivity index is 2.50. The topological polar surface area (TPSA) is 98.0 Å². The molecule has 0 saturated heterocycles. The smallest absolute Gasteiger partial charge is 0.150 e. The first-order valence-electron chi connectivity index (χ1n) is 5.52. The van der Waals surface area contributed by atoms with Gasteiger partial charge in [0, 0.05) is 18.0 Å². The minimum Gasteiger partial charge on any atom is -0.271 e. The Bertz CT molecular complexity index is 421. The quantitative estimate of drug-likeness (QED) is 0.535. The van der Waals surface area contributed by atoms with Gasteiger partial charge in [0.05, 0.1) is 11.9 Å². The third kappa shape index (κ3) is 4.76. The van der Waals surface area contributed by atoms with E-state index in [0.717, 1.165) is 5.56 Å². The minimum atomic E-state index is -2.90. The van der Waals surface area contributed by atoms with E-state index in [1.807, 2.05) is 6.07 Å². The van der Waals surface area contributed by atoms with Gasteiger partial charge in [0.25, 0.3) is 0 Å². The molecule has 0 spiro atoms. The maximum absolute atomic E-state index is 11.3. The van der Waals surface area contributed by atoms with E-state index in [4.69, 9.17) is 5.84 Å². The van der Waals surface area contributed by atoms with E-state index in [1.165, 1.54) is 0 Å². The monoisotopic (exact) mass is 258 g/mol. The van der Waals surface area contributed by atoms with E-state index in [-0.39, 0.29) is 17.5 Å². The summed E-state index contributed by atoms with van der Waals surface area (Å²) in [6.07, 6.45) is 4.44. The molecule has 1 aromatic heterocycles. The van der Waals surface area contributed by atoms with E-state index in [2.05, 4.69) is 15.6 Å². The number of nitrogens with one attached hydrogen (secondary N) is 1. The maximum atomic E-state index is 11.3. The van der Waals surface area contributed by atoms with E-state index < -0.39 is 9.84 Å². The van der Waals surface area contributed by atoms with Gasteiger partial charge < -0.3 is 0 Å². The molecule has 0 aliphatic heterocycles. The summed E-state index contributed by atoms with van der Waals surface area (Å²) >= 11 is 0. The molecular formula is C10H18N4O2S. The lowest BCUT2D eigenvalue weighted by Gasteiger charge is -2.15. The van der Waals surface area contributed by atoms with Crippen LogP contribution < -0.4 is 11.3 Å². The summed E-state index contributed by atoms with van der Waals surface area (Å²) in [5.41, 5.74) is 3.57. The zero-order valence-electron chi connectivity index (χ0n) is 9.83. The molecule has 1 atom stereocenters. The molecule has 1 aromatic rings. The number of aromatic nitrogens is 2. The number of hydrogen-bond acceptors (Lipinski definition) is 6. The van der Waals surface area contributed by atoms with Crippen molar-refractivity contribution < 1.29 is 8.42 Å². The average molecular weight is 258 g/mol. The van der Waals surface area contributed by atoms with Crippen molar-refractivity contribution >= 4 is 9.84 Å². The van der Waals surface area contributed by atoms with E-state index in [1.54, 1.807) is 19.3 Å². The molecule has 1 heterocycles. The predicted octanol–water partition coefficient (Wildman–Crippen LogP) is 0.196. The fraction of sp³-hybridized carbons (Fsp3) is 0.600. The normalized spacial score (nSPS) is 13.5. The molecule has 0 amide bonds. The van der Waals surface area contributed by atoms with Crippen LogP contribution in [0.3, 0.4) is 0 Å². The molecule has 0 aromatic carbocycles. The Morgan fingerprint density at radius 1 is 1.47 bits per heavy atom. The first kappa shape index (κ1) is 14.0. The minimum absolute atomic E-state index is 0.0856. The van der Waals surface area contributed by atoms with Gasteiger partial charge in [-0.3, -0.25) is 11.3 Å². The molecular weight excluding hydrogens is 240 g/mol. The Kier molecular flexibility index (Phi) is 5.46. The van der Waals surface area contributed by atoms with Gasteiger partial charge in [-0.05, 0) is 24.5 Å². The van der Waals surface area contributed by atoms with Crippen LogP contribution in [0.2, 0.25) is 0 Å². The second-order valence-corrected chi connectivity index (χ2v) is 6.25. The van der Waals surface area contributed by atoms with Crippen LogP contribution in [0.1, 0.15) is 31.4 Å². The summed E-state index contributed by atoms with van der Waals surface area (Å²) in [7, 11) is -2.90. The largest absolute Gasteiger partial charge is 0.271 e. The molecule has 0 bridgehead atoms. The first-order valence-corrected chi connectivity index (χ1v) is 7.34. The van der Waals surface area contributed by atoms with Crippen molar-refractivity contribution in [3.05, 3.63) is 24.0 Å². The standard InChI is InChI=1S/C10H18N4O2S/c1-2-17(15,16)7-3-4-10(14-11)9-5-6-12-13-8-9/h5-6,8,10,14H,2-4,7,11H2,1H3. The SMILES string of the molecule is CCS(=O)(=O)CCCC(NN)c1ccnnc1. The Hall–Kier alpha value is -1.05. The highest BCUT2D eigenvalue weighted by Crippen LogP contribution is 2.16. The Morgan fingerprint density at radius 3 is 2.76 bits per heavy atom. The van der Waals surface area contributed by atoms with Gasteiger partial charge in [-0.1, -0.05) is 6.92 Å². The first-order chi connectivity index (χ1) is 8.09. The molecule has 0 fully saturated rings. The highest BCUT2D eigenvalue weighted by atomic mass is 32.2. The highest BCUT2D eigenvalue weighted by molar-refractivity contribution is 7.91. The van der Waals surface area contributed by atoms with Gasteiger partial charge in [0.15, 0.2) is 0 Å². The van der Waals surface area contributed by atoms with Gasteiger partial charge >= 0.3 is 0 Å². The van der Waals surface area contributed by atoms with Crippen molar-refractivity contribution in [2.24, 2.45) is 5.84 Å². The number of sulfone groups is 1. The van der Waals surface area contributed by atoms with Crippen LogP contribution in [0, 0.1) is 0 Å². The molecule has 96 valence electrons. The van der Waals surface area contributed by atoms with Crippen LogP contribution >= 0.6 is 0 Å². The van der Waals surface area contributed by atoms with E-state index >= 15 is 0 Å². The van der Waals surface area contributed by atoms with Gasteiger partial charge in [-0.15, -0.1) is 0 Å². The van der Waals surface area contributed by atoms with E-state index in [9.17, 15) is 8.42 Å². The number of hydrogen-bond donors (Lipinski definition) is 2. The van der Waals surface area contributed by atoms with Crippen LogP contribution in [-0.2, 0) is 9.84 Å². The Morgan fingerprint density at radius 2 is 2.24 bits per heavy atom. The summed E-state index contributed by atoms with van der Waals surface area (Å²) in [6, 6.07) is 1.73. The second-order valence-electron chi connectivity index (χ2n) is 3.77. The lowest BCUT2D eigenvalue weighted by Crippen LogP contribution is -2.28. The van der Waals surface area contributed by atoms with Crippen LogP contribution in [0.4, 0.5) is 0 Å². The summed E-state index contributed by atoms with van der Waals surface area (Å²) in [4.78, 5) is 0. The zero-order valence-corrected chi connectivity index (χ0v) is 10.7. The third-order valence-electron chi connectivity index (χ3n) is 2.60. The number of nitrogens with two attached hydrogens (primary N) is 1. The number of hydrazine groups is 1. The van der Waals surface area contributed by atoms with Gasteiger partial charge in [0.1, 0.15) is 9.84 Å². The molecule has 0 aliphatic carbocycles. The molecule has 1 unspecified atom stereocenters. The molecule has 3 N–H and O–H groups in total. The molecule has 6 nitrogen and oxygen atoms in total. The van der Waals surface area contributed by atoms with Crippen LogP contribution in [-0.4, -0.2) is 30.1 Å². The number of nitrogens with zero attached hydrogens (tertiary/aromatic N) is 2. The van der Waals surface area contributed by atoms with Crippen LogP contribution in [0.5, 0.6) is 0 Å². The molecule has 0 saturated carbocycles. The van der Waals surface area contributed by atoms with Gasteiger partial charge in [0.2, 0.25) is 0 Å². The maximum Gasteiger partial charge on any atom is 0.150 e. The number of rotatable bonds is 7. The predicted molar refractivity (Wildman–Crippen MR) is 65.7 cm³/mol. The molecule has 0 aliphatic rings. The van der Waals surface area contributed by atoms with Crippen molar-refractivity contribution in [3.63, 3.8) is 0 Å². The second kappa shape index (κ2) is 6.63. The summed E-state index contributed by atoms with van der Waals surface area (Å²) in [5, 5.41) is 7.44. The molecule has 0 radical (unpaired) electrons. The van der Waals surface area contributed by atoms with Crippen molar-refractivity contribution in [1.82, 2.24) is 15.6 Å². The lowest BCUT2D eigenvalue weighted by molar-refractivity contribution is 0.505.